The molecule has 0 aliphatic rings. The third-order valence-corrected chi connectivity index (χ3v) is 3.88. The minimum Gasteiger partial charge on any atom is -0.465 e. The Morgan fingerprint density at radius 2 is 1.32 bits per heavy atom. The highest BCUT2D eigenvalue weighted by Crippen LogP contribution is 2.20. The Kier molecular flexibility index (Phi) is 12.9. The lowest BCUT2D eigenvalue weighted by Gasteiger charge is -2.16. The minimum absolute atomic E-state index is 0.294. The molecule has 0 rings (SSSR count). The zero-order chi connectivity index (χ0) is 16.8. The van der Waals surface area contributed by atoms with Crippen LogP contribution in [0.5, 0.6) is 0 Å². The number of esters is 2. The van der Waals surface area contributed by atoms with E-state index in [0.29, 0.717) is 25.6 Å². The van der Waals surface area contributed by atoms with E-state index in [-0.39, 0.29) is 0 Å². The smallest absolute Gasteiger partial charge is 0.320 e. The molecule has 4 heteroatoms. The van der Waals surface area contributed by atoms with Crippen LogP contribution in [-0.4, -0.2) is 25.2 Å². The third kappa shape index (κ3) is 9.80. The molecule has 0 radical (unpaired) electrons. The Hall–Kier alpha value is -1.06. The maximum Gasteiger partial charge on any atom is 0.320 e. The van der Waals surface area contributed by atoms with Crippen molar-refractivity contribution in [2.75, 3.05) is 13.2 Å². The van der Waals surface area contributed by atoms with Gasteiger partial charge in [-0.15, -0.1) is 0 Å². The normalized spacial score (nSPS) is 12.2. The fraction of sp³-hybridized carbons (Fsp3) is 0.889. The van der Waals surface area contributed by atoms with E-state index in [4.69, 9.17) is 9.47 Å². The van der Waals surface area contributed by atoms with Crippen LogP contribution in [0, 0.1) is 11.8 Å². The number of rotatable bonds is 13. The van der Waals surface area contributed by atoms with Crippen LogP contribution in [0.2, 0.25) is 0 Å². The van der Waals surface area contributed by atoms with Gasteiger partial charge in [0.1, 0.15) is 0 Å². The third-order valence-electron chi connectivity index (χ3n) is 3.88. The van der Waals surface area contributed by atoms with Crippen molar-refractivity contribution in [3.63, 3.8) is 0 Å². The molecule has 0 amide bonds. The molecule has 0 aromatic heterocycles. The molecular formula is C18H34O4. The van der Waals surface area contributed by atoms with Gasteiger partial charge >= 0.3 is 11.9 Å². The fourth-order valence-electron chi connectivity index (χ4n) is 2.55. The van der Waals surface area contributed by atoms with E-state index in [9.17, 15) is 9.59 Å². The first-order valence-corrected chi connectivity index (χ1v) is 8.89. The van der Waals surface area contributed by atoms with Crippen LogP contribution in [0.1, 0.15) is 79.1 Å². The largest absolute Gasteiger partial charge is 0.465 e. The lowest BCUT2D eigenvalue weighted by molar-refractivity contribution is -0.162. The first-order chi connectivity index (χ1) is 10.6. The summed E-state index contributed by atoms with van der Waals surface area (Å²) in [6.07, 6.45) is 8.79. The van der Waals surface area contributed by atoms with Crippen molar-refractivity contribution in [3.05, 3.63) is 0 Å². The summed E-state index contributed by atoms with van der Waals surface area (Å²) in [4.78, 5) is 23.7. The monoisotopic (exact) mass is 314 g/mol. The van der Waals surface area contributed by atoms with E-state index in [1.807, 2.05) is 0 Å². The van der Waals surface area contributed by atoms with Crippen molar-refractivity contribution in [3.8, 4) is 0 Å². The summed E-state index contributed by atoms with van der Waals surface area (Å²) in [7, 11) is 0. The van der Waals surface area contributed by atoms with Gasteiger partial charge in [0, 0.05) is 0 Å². The van der Waals surface area contributed by atoms with Crippen LogP contribution in [0.15, 0.2) is 0 Å². The zero-order valence-electron chi connectivity index (χ0n) is 14.9. The molecule has 0 aromatic carbocycles. The van der Waals surface area contributed by atoms with Crippen molar-refractivity contribution in [1.82, 2.24) is 0 Å². The fourth-order valence-corrected chi connectivity index (χ4v) is 2.55. The lowest BCUT2D eigenvalue weighted by Crippen LogP contribution is -2.28. The summed E-state index contributed by atoms with van der Waals surface area (Å²) in [6, 6.07) is 0. The lowest BCUT2D eigenvalue weighted by atomic mass is 9.94. The average Bonchev–Trinajstić information content (AvgIpc) is 2.48. The molecule has 0 N–H and O–H groups in total. The second-order valence-corrected chi connectivity index (χ2v) is 5.94. The van der Waals surface area contributed by atoms with Gasteiger partial charge in [0.15, 0.2) is 5.92 Å². The van der Waals surface area contributed by atoms with E-state index in [1.54, 1.807) is 13.8 Å². The van der Waals surface area contributed by atoms with E-state index in [0.717, 1.165) is 12.8 Å². The van der Waals surface area contributed by atoms with Gasteiger partial charge in [-0.25, -0.2) is 0 Å². The Labute approximate surface area is 135 Å². The number of ether oxygens (including phenoxy) is 2. The van der Waals surface area contributed by atoms with Crippen molar-refractivity contribution < 1.29 is 19.1 Å². The number of unbranched alkanes of at least 4 members (excludes halogenated alkanes) is 3. The second kappa shape index (κ2) is 13.6. The summed E-state index contributed by atoms with van der Waals surface area (Å²) in [5.41, 5.74) is 0. The molecule has 1 atom stereocenters. The first kappa shape index (κ1) is 20.9. The summed E-state index contributed by atoms with van der Waals surface area (Å²) < 4.78 is 9.96. The van der Waals surface area contributed by atoms with Crippen molar-refractivity contribution >= 4 is 11.9 Å². The number of hydrogen-bond acceptors (Lipinski definition) is 4. The van der Waals surface area contributed by atoms with Gasteiger partial charge < -0.3 is 9.47 Å². The molecule has 130 valence electrons. The Morgan fingerprint density at radius 1 is 0.773 bits per heavy atom. The molecule has 0 bridgehead atoms. The number of carbonyl (C=O) groups is 2. The van der Waals surface area contributed by atoms with Crippen molar-refractivity contribution in [2.45, 2.75) is 79.1 Å². The molecule has 0 saturated carbocycles. The molecule has 22 heavy (non-hydrogen) atoms. The molecule has 0 spiro atoms. The van der Waals surface area contributed by atoms with Crippen molar-refractivity contribution in [1.29, 1.82) is 0 Å². The van der Waals surface area contributed by atoms with Gasteiger partial charge in [0.2, 0.25) is 0 Å². The molecule has 4 nitrogen and oxygen atoms in total. The summed E-state index contributed by atoms with van der Waals surface area (Å²) >= 11 is 0. The average molecular weight is 314 g/mol. The van der Waals surface area contributed by atoms with Gasteiger partial charge in [-0.3, -0.25) is 9.59 Å². The van der Waals surface area contributed by atoms with E-state index >= 15 is 0 Å². The molecule has 1 unspecified atom stereocenters. The Bertz CT molecular complexity index is 283. The summed E-state index contributed by atoms with van der Waals surface area (Å²) in [5.74, 6) is -1.01. The van der Waals surface area contributed by atoms with Crippen LogP contribution < -0.4 is 0 Å². The van der Waals surface area contributed by atoms with Gasteiger partial charge in [-0.05, 0) is 26.2 Å². The van der Waals surface area contributed by atoms with Crippen molar-refractivity contribution in [2.24, 2.45) is 11.8 Å². The van der Waals surface area contributed by atoms with Crippen LogP contribution in [0.3, 0.4) is 0 Å². The Morgan fingerprint density at radius 3 is 1.82 bits per heavy atom. The zero-order valence-corrected chi connectivity index (χ0v) is 14.9. The first-order valence-electron chi connectivity index (χ1n) is 8.89. The highest BCUT2D eigenvalue weighted by molar-refractivity contribution is 5.94. The molecule has 0 saturated heterocycles. The Balaban J connectivity index is 4.11. The number of carbonyl (C=O) groups excluding carboxylic acids is 2. The van der Waals surface area contributed by atoms with Crippen LogP contribution in [0.4, 0.5) is 0 Å². The quantitative estimate of drug-likeness (QED) is 0.285. The molecule has 0 aliphatic heterocycles. The van der Waals surface area contributed by atoms with Gasteiger partial charge in [-0.1, -0.05) is 58.8 Å². The maximum absolute atomic E-state index is 11.9. The maximum atomic E-state index is 11.9. The molecule has 0 aromatic rings. The molecule has 0 fully saturated rings. The second-order valence-electron chi connectivity index (χ2n) is 5.94. The molecule has 0 heterocycles. The van der Waals surface area contributed by atoms with E-state index in [2.05, 4.69) is 13.8 Å². The van der Waals surface area contributed by atoms with Crippen LogP contribution in [-0.2, 0) is 19.1 Å². The van der Waals surface area contributed by atoms with E-state index in [1.165, 1.54) is 32.1 Å². The molecular weight excluding hydrogens is 280 g/mol. The standard InChI is InChI=1S/C18H34O4/c1-5-8-9-10-12-15(4)13-11-14-16(17(19)21-6-2)18(20)22-7-3/h15-16H,5-14H2,1-4H3. The number of hydrogen-bond donors (Lipinski definition) is 0. The van der Waals surface area contributed by atoms with Crippen LogP contribution >= 0.6 is 0 Å². The minimum atomic E-state index is -0.757. The SMILES string of the molecule is CCCCCCC(C)CCCC(C(=O)OCC)C(=O)OCC. The van der Waals surface area contributed by atoms with Crippen LogP contribution in [0.25, 0.3) is 0 Å². The topological polar surface area (TPSA) is 52.6 Å². The summed E-state index contributed by atoms with van der Waals surface area (Å²) in [6.45, 7) is 8.55. The predicted molar refractivity (Wildman–Crippen MR) is 88.5 cm³/mol. The van der Waals surface area contributed by atoms with Gasteiger partial charge in [-0.2, -0.15) is 0 Å². The van der Waals surface area contributed by atoms with Gasteiger partial charge in [0.05, 0.1) is 13.2 Å². The summed E-state index contributed by atoms with van der Waals surface area (Å²) in [5, 5.41) is 0. The highest BCUT2D eigenvalue weighted by atomic mass is 16.6. The van der Waals surface area contributed by atoms with Gasteiger partial charge in [0.25, 0.3) is 0 Å². The van der Waals surface area contributed by atoms with E-state index < -0.39 is 17.9 Å². The molecule has 0 aliphatic carbocycles. The highest BCUT2D eigenvalue weighted by Gasteiger charge is 2.28. The predicted octanol–water partition coefficient (Wildman–Crippen LogP) is 4.51.